The number of oxazole rings is 1. The van der Waals surface area contributed by atoms with Crippen molar-refractivity contribution in [2.24, 2.45) is 5.92 Å². The van der Waals surface area contributed by atoms with Crippen molar-refractivity contribution in [1.82, 2.24) is 4.98 Å². The highest BCUT2D eigenvalue weighted by Crippen LogP contribution is 2.29. The summed E-state index contributed by atoms with van der Waals surface area (Å²) >= 11 is 0. The molecule has 1 aliphatic rings. The van der Waals surface area contributed by atoms with Crippen LogP contribution >= 0.6 is 0 Å². The van der Waals surface area contributed by atoms with Crippen LogP contribution in [0.3, 0.4) is 0 Å². The average molecular weight is 291 g/mol. The molecule has 7 heteroatoms. The Bertz CT molecular complexity index is 655. The number of non-ortho nitro benzene ring substituents is 1. The van der Waals surface area contributed by atoms with E-state index in [9.17, 15) is 15.2 Å². The molecule has 0 aliphatic heterocycles. The van der Waals surface area contributed by atoms with E-state index in [-0.39, 0.29) is 24.3 Å². The summed E-state index contributed by atoms with van der Waals surface area (Å²) in [5, 5.41) is 23.4. The van der Waals surface area contributed by atoms with E-state index in [1.165, 1.54) is 12.1 Å². The number of aromatic nitrogens is 1. The van der Waals surface area contributed by atoms with Crippen LogP contribution in [0.25, 0.3) is 11.1 Å². The quantitative estimate of drug-likeness (QED) is 0.663. The summed E-state index contributed by atoms with van der Waals surface area (Å²) in [5.74, 6) is 0.197. The second-order valence-corrected chi connectivity index (χ2v) is 5.41. The van der Waals surface area contributed by atoms with E-state index in [1.807, 2.05) is 0 Å². The van der Waals surface area contributed by atoms with E-state index in [4.69, 9.17) is 4.42 Å². The molecule has 3 rings (SSSR count). The van der Waals surface area contributed by atoms with Gasteiger partial charge in [-0.15, -0.1) is 0 Å². The first-order valence-electron chi connectivity index (χ1n) is 7.10. The lowest BCUT2D eigenvalue weighted by Crippen LogP contribution is -2.34. The van der Waals surface area contributed by atoms with Crippen LogP contribution in [0.2, 0.25) is 0 Å². The number of hydrogen-bond donors (Lipinski definition) is 2. The maximum Gasteiger partial charge on any atom is 0.295 e. The van der Waals surface area contributed by atoms with Crippen molar-refractivity contribution in [3.8, 4) is 0 Å². The molecule has 1 aliphatic carbocycles. The van der Waals surface area contributed by atoms with Crippen LogP contribution in [0, 0.1) is 16.0 Å². The van der Waals surface area contributed by atoms with Crippen LogP contribution in [-0.4, -0.2) is 27.7 Å². The van der Waals surface area contributed by atoms with Gasteiger partial charge >= 0.3 is 0 Å². The second-order valence-electron chi connectivity index (χ2n) is 5.41. The van der Waals surface area contributed by atoms with Crippen LogP contribution in [0.1, 0.15) is 25.7 Å². The maximum atomic E-state index is 10.8. The number of nitrogens with zero attached hydrogens (tertiary/aromatic N) is 2. The molecule has 112 valence electrons. The molecule has 0 spiro atoms. The monoisotopic (exact) mass is 291 g/mol. The lowest BCUT2D eigenvalue weighted by molar-refractivity contribution is -0.384. The number of nitro benzene ring substituents is 1. The number of nitrogens with one attached hydrogen (secondary N) is 1. The van der Waals surface area contributed by atoms with Gasteiger partial charge in [-0.05, 0) is 18.9 Å². The van der Waals surface area contributed by atoms with Crippen LogP contribution in [0.4, 0.5) is 11.7 Å². The number of nitro groups is 1. The molecule has 0 radical (unpaired) electrons. The van der Waals surface area contributed by atoms with Gasteiger partial charge < -0.3 is 14.8 Å². The van der Waals surface area contributed by atoms with Crippen molar-refractivity contribution in [1.29, 1.82) is 0 Å². The molecule has 0 bridgehead atoms. The number of aliphatic hydroxyl groups excluding tert-OH is 1. The van der Waals surface area contributed by atoms with Crippen molar-refractivity contribution in [3.63, 3.8) is 0 Å². The SMILES string of the molecule is O=[N+]([O-])c1ccc2oc(NC3CCCCC3CO)nc2c1. The molecule has 1 saturated carbocycles. The summed E-state index contributed by atoms with van der Waals surface area (Å²) in [7, 11) is 0. The fourth-order valence-electron chi connectivity index (χ4n) is 2.87. The van der Waals surface area contributed by atoms with E-state index in [0.29, 0.717) is 17.1 Å². The molecule has 0 amide bonds. The number of benzene rings is 1. The lowest BCUT2D eigenvalue weighted by Gasteiger charge is -2.30. The summed E-state index contributed by atoms with van der Waals surface area (Å²) < 4.78 is 5.57. The highest BCUT2D eigenvalue weighted by Gasteiger charge is 2.25. The molecular weight excluding hydrogens is 274 g/mol. The highest BCUT2D eigenvalue weighted by molar-refractivity contribution is 5.77. The zero-order valence-corrected chi connectivity index (χ0v) is 11.5. The standard InChI is InChI=1S/C14H17N3O4/c18-8-9-3-1-2-4-11(9)15-14-16-12-7-10(17(19)20)5-6-13(12)21-14/h5-7,9,11,18H,1-4,8H2,(H,15,16). The third-order valence-corrected chi connectivity index (χ3v) is 4.03. The van der Waals surface area contributed by atoms with Crippen molar-refractivity contribution in [3.05, 3.63) is 28.3 Å². The van der Waals surface area contributed by atoms with E-state index in [2.05, 4.69) is 10.3 Å². The molecule has 2 N–H and O–H groups in total. The van der Waals surface area contributed by atoms with Crippen LogP contribution in [0.5, 0.6) is 0 Å². The van der Waals surface area contributed by atoms with Gasteiger partial charge in [-0.25, -0.2) is 0 Å². The molecule has 21 heavy (non-hydrogen) atoms. The fourth-order valence-corrected chi connectivity index (χ4v) is 2.87. The van der Waals surface area contributed by atoms with E-state index in [1.54, 1.807) is 6.07 Å². The Labute approximate surface area is 121 Å². The summed E-state index contributed by atoms with van der Waals surface area (Å²) in [5.41, 5.74) is 0.968. The minimum Gasteiger partial charge on any atom is -0.424 e. The first-order chi connectivity index (χ1) is 10.2. The Hall–Kier alpha value is -2.15. The van der Waals surface area contributed by atoms with Gasteiger partial charge in [0.1, 0.15) is 5.52 Å². The van der Waals surface area contributed by atoms with Gasteiger partial charge in [0.25, 0.3) is 11.7 Å². The largest absolute Gasteiger partial charge is 0.424 e. The molecule has 1 fully saturated rings. The van der Waals surface area contributed by atoms with E-state index >= 15 is 0 Å². The number of aliphatic hydroxyl groups is 1. The van der Waals surface area contributed by atoms with Gasteiger partial charge in [0.15, 0.2) is 5.58 Å². The molecule has 0 saturated heterocycles. The Kier molecular flexibility index (Phi) is 3.74. The molecule has 7 nitrogen and oxygen atoms in total. The molecule has 1 aromatic heterocycles. The first kappa shape index (κ1) is 13.8. The van der Waals surface area contributed by atoms with Crippen LogP contribution in [0.15, 0.2) is 22.6 Å². The minimum atomic E-state index is -0.454. The van der Waals surface area contributed by atoms with Crippen LogP contribution in [-0.2, 0) is 0 Å². The Morgan fingerprint density at radius 3 is 3.00 bits per heavy atom. The van der Waals surface area contributed by atoms with Crippen molar-refractivity contribution < 1.29 is 14.4 Å². The Morgan fingerprint density at radius 1 is 1.43 bits per heavy atom. The molecule has 2 atom stereocenters. The number of fused-ring (bicyclic) bond motifs is 1. The predicted molar refractivity (Wildman–Crippen MR) is 77.1 cm³/mol. The summed E-state index contributed by atoms with van der Waals surface area (Å²) in [6.07, 6.45) is 4.19. The van der Waals surface area contributed by atoms with Gasteiger partial charge in [-0.2, -0.15) is 4.98 Å². The van der Waals surface area contributed by atoms with Gasteiger partial charge in [-0.3, -0.25) is 10.1 Å². The molecule has 1 aromatic carbocycles. The predicted octanol–water partition coefficient (Wildman–Crippen LogP) is 2.70. The fraction of sp³-hybridized carbons (Fsp3) is 0.500. The summed E-state index contributed by atoms with van der Waals surface area (Å²) in [6.45, 7) is 0.142. The molecule has 1 heterocycles. The maximum absolute atomic E-state index is 10.8. The normalized spacial score (nSPS) is 22.3. The van der Waals surface area contributed by atoms with E-state index < -0.39 is 4.92 Å². The van der Waals surface area contributed by atoms with E-state index in [0.717, 1.165) is 25.7 Å². The van der Waals surface area contributed by atoms with Crippen LogP contribution < -0.4 is 5.32 Å². The number of anilines is 1. The Balaban J connectivity index is 1.82. The zero-order chi connectivity index (χ0) is 14.8. The zero-order valence-electron chi connectivity index (χ0n) is 11.5. The molecule has 2 unspecified atom stereocenters. The highest BCUT2D eigenvalue weighted by atomic mass is 16.6. The van der Waals surface area contributed by atoms with Crippen molar-refractivity contribution in [2.75, 3.05) is 11.9 Å². The Morgan fingerprint density at radius 2 is 2.24 bits per heavy atom. The van der Waals surface area contributed by atoms with Gasteiger partial charge in [0, 0.05) is 30.7 Å². The third-order valence-electron chi connectivity index (χ3n) is 4.03. The van der Waals surface area contributed by atoms with Gasteiger partial charge in [0.05, 0.1) is 4.92 Å². The number of rotatable bonds is 4. The average Bonchev–Trinajstić information content (AvgIpc) is 2.89. The van der Waals surface area contributed by atoms with Gasteiger partial charge in [0.2, 0.25) is 0 Å². The third kappa shape index (κ3) is 2.82. The number of hydrogen-bond acceptors (Lipinski definition) is 6. The van der Waals surface area contributed by atoms with Gasteiger partial charge in [-0.1, -0.05) is 12.8 Å². The lowest BCUT2D eigenvalue weighted by atomic mass is 9.85. The second kappa shape index (κ2) is 5.69. The summed E-state index contributed by atoms with van der Waals surface area (Å²) in [6, 6.07) is 4.83. The minimum absolute atomic E-state index is 0.00625. The van der Waals surface area contributed by atoms with Crippen molar-refractivity contribution in [2.45, 2.75) is 31.7 Å². The summed E-state index contributed by atoms with van der Waals surface area (Å²) in [4.78, 5) is 14.6. The smallest absolute Gasteiger partial charge is 0.295 e. The molecule has 2 aromatic rings. The topological polar surface area (TPSA) is 101 Å². The van der Waals surface area contributed by atoms with Crippen molar-refractivity contribution >= 4 is 22.8 Å². The first-order valence-corrected chi connectivity index (χ1v) is 7.10. The molecular formula is C14H17N3O4.